The second kappa shape index (κ2) is 6.58. The SMILES string of the molecule is COc1ccccc1COc1ccc2cc(C(C)=O)c(=O)oc2c1. The van der Waals surface area contributed by atoms with E-state index in [1.54, 1.807) is 25.3 Å². The van der Waals surface area contributed by atoms with Crippen molar-refractivity contribution in [3.05, 3.63) is 70.1 Å². The van der Waals surface area contributed by atoms with Crippen LogP contribution < -0.4 is 15.1 Å². The van der Waals surface area contributed by atoms with Crippen LogP contribution in [0.15, 0.2) is 57.7 Å². The van der Waals surface area contributed by atoms with Gasteiger partial charge in [-0.3, -0.25) is 4.79 Å². The molecule has 1 heterocycles. The lowest BCUT2D eigenvalue weighted by Crippen LogP contribution is -2.10. The zero-order valence-electron chi connectivity index (χ0n) is 13.4. The Balaban J connectivity index is 1.87. The van der Waals surface area contributed by atoms with Gasteiger partial charge in [0.25, 0.3) is 0 Å². The summed E-state index contributed by atoms with van der Waals surface area (Å²) in [7, 11) is 1.61. The van der Waals surface area contributed by atoms with Crippen LogP contribution in [0.25, 0.3) is 11.0 Å². The minimum atomic E-state index is -0.642. The number of Topliss-reactive ketones (excluding diaryl/α,β-unsaturated/α-hetero) is 1. The molecule has 0 radical (unpaired) electrons. The van der Waals surface area contributed by atoms with Gasteiger partial charge in [0.2, 0.25) is 0 Å². The zero-order valence-corrected chi connectivity index (χ0v) is 13.4. The molecule has 5 nitrogen and oxygen atoms in total. The number of para-hydroxylation sites is 1. The summed E-state index contributed by atoms with van der Waals surface area (Å²) in [5, 5.41) is 0.671. The summed E-state index contributed by atoms with van der Waals surface area (Å²) < 4.78 is 16.2. The van der Waals surface area contributed by atoms with Gasteiger partial charge >= 0.3 is 5.63 Å². The molecule has 0 unspecified atom stereocenters. The molecule has 0 fully saturated rings. The fraction of sp³-hybridized carbons (Fsp3) is 0.158. The van der Waals surface area contributed by atoms with Gasteiger partial charge < -0.3 is 13.9 Å². The number of ketones is 1. The highest BCUT2D eigenvalue weighted by Gasteiger charge is 2.10. The van der Waals surface area contributed by atoms with Crippen LogP contribution in [-0.4, -0.2) is 12.9 Å². The molecule has 5 heteroatoms. The Bertz CT molecular complexity index is 955. The number of carbonyl (C=O) groups excluding carboxylic acids is 1. The zero-order chi connectivity index (χ0) is 17.1. The number of hydrogen-bond acceptors (Lipinski definition) is 5. The van der Waals surface area contributed by atoms with Crippen molar-refractivity contribution in [2.24, 2.45) is 0 Å². The van der Waals surface area contributed by atoms with Crippen molar-refractivity contribution in [1.82, 2.24) is 0 Å². The van der Waals surface area contributed by atoms with Crippen LogP contribution in [0, 0.1) is 0 Å². The first kappa shape index (κ1) is 15.8. The van der Waals surface area contributed by atoms with E-state index in [4.69, 9.17) is 13.9 Å². The first-order valence-corrected chi connectivity index (χ1v) is 7.42. The maximum absolute atomic E-state index is 11.8. The van der Waals surface area contributed by atoms with Gasteiger partial charge in [0, 0.05) is 17.0 Å². The van der Waals surface area contributed by atoms with Crippen LogP contribution in [0.1, 0.15) is 22.8 Å². The standard InChI is InChI=1S/C19H16O5/c1-12(20)16-9-13-7-8-15(10-18(13)24-19(16)21)23-11-14-5-3-4-6-17(14)22-2/h3-10H,11H2,1-2H3. The lowest BCUT2D eigenvalue weighted by molar-refractivity contribution is 0.101. The van der Waals surface area contributed by atoms with E-state index in [2.05, 4.69) is 0 Å². The smallest absolute Gasteiger partial charge is 0.347 e. The summed E-state index contributed by atoms with van der Waals surface area (Å²) >= 11 is 0. The molecule has 0 atom stereocenters. The summed E-state index contributed by atoms with van der Waals surface area (Å²) in [6.45, 7) is 1.66. The minimum absolute atomic E-state index is 0.0465. The van der Waals surface area contributed by atoms with E-state index in [1.807, 2.05) is 24.3 Å². The van der Waals surface area contributed by atoms with Gasteiger partial charge in [0.1, 0.15) is 29.3 Å². The van der Waals surface area contributed by atoms with E-state index in [-0.39, 0.29) is 11.3 Å². The highest BCUT2D eigenvalue weighted by Crippen LogP contribution is 2.23. The quantitative estimate of drug-likeness (QED) is 0.530. The molecule has 0 saturated carbocycles. The minimum Gasteiger partial charge on any atom is -0.496 e. The van der Waals surface area contributed by atoms with Gasteiger partial charge in [-0.2, -0.15) is 0 Å². The number of benzene rings is 2. The number of carbonyl (C=O) groups is 1. The van der Waals surface area contributed by atoms with Gasteiger partial charge in [-0.25, -0.2) is 4.79 Å². The lowest BCUT2D eigenvalue weighted by Gasteiger charge is -2.10. The van der Waals surface area contributed by atoms with Crippen molar-refractivity contribution >= 4 is 16.8 Å². The number of hydrogen-bond donors (Lipinski definition) is 0. The molecule has 0 saturated heterocycles. The maximum Gasteiger partial charge on any atom is 0.347 e. The van der Waals surface area contributed by atoms with Crippen LogP contribution in [0.3, 0.4) is 0 Å². The molecular weight excluding hydrogens is 308 g/mol. The highest BCUT2D eigenvalue weighted by molar-refractivity contribution is 5.96. The van der Waals surface area contributed by atoms with Crippen LogP contribution in [0.2, 0.25) is 0 Å². The first-order chi connectivity index (χ1) is 11.6. The van der Waals surface area contributed by atoms with Crippen molar-refractivity contribution in [3.63, 3.8) is 0 Å². The van der Waals surface area contributed by atoms with Gasteiger partial charge in [-0.1, -0.05) is 18.2 Å². The van der Waals surface area contributed by atoms with E-state index >= 15 is 0 Å². The fourth-order valence-electron chi connectivity index (χ4n) is 2.41. The summed E-state index contributed by atoms with van der Waals surface area (Å²) in [6.07, 6.45) is 0. The molecule has 24 heavy (non-hydrogen) atoms. The second-order valence-electron chi connectivity index (χ2n) is 5.30. The molecule has 3 aromatic rings. The van der Waals surface area contributed by atoms with Crippen molar-refractivity contribution < 1.29 is 18.7 Å². The third-order valence-electron chi connectivity index (χ3n) is 3.67. The van der Waals surface area contributed by atoms with E-state index < -0.39 is 5.63 Å². The van der Waals surface area contributed by atoms with E-state index in [9.17, 15) is 9.59 Å². The first-order valence-electron chi connectivity index (χ1n) is 7.42. The summed E-state index contributed by atoms with van der Waals surface area (Å²) in [5.74, 6) is 0.991. The molecule has 0 bridgehead atoms. The maximum atomic E-state index is 11.8. The van der Waals surface area contributed by atoms with Gasteiger partial charge in [0.15, 0.2) is 5.78 Å². The Morgan fingerprint density at radius 2 is 1.92 bits per heavy atom. The van der Waals surface area contributed by atoms with Crippen LogP contribution >= 0.6 is 0 Å². The average molecular weight is 324 g/mol. The van der Waals surface area contributed by atoms with E-state index in [0.717, 1.165) is 11.3 Å². The third-order valence-corrected chi connectivity index (χ3v) is 3.67. The predicted molar refractivity (Wildman–Crippen MR) is 89.8 cm³/mol. The molecule has 0 N–H and O–H groups in total. The largest absolute Gasteiger partial charge is 0.496 e. The van der Waals surface area contributed by atoms with Crippen LogP contribution in [-0.2, 0) is 6.61 Å². The lowest BCUT2D eigenvalue weighted by atomic mass is 10.1. The Morgan fingerprint density at radius 1 is 1.12 bits per heavy atom. The van der Waals surface area contributed by atoms with Crippen molar-refractivity contribution in [2.75, 3.05) is 7.11 Å². The van der Waals surface area contributed by atoms with Gasteiger partial charge in [0.05, 0.1) is 7.11 Å². The van der Waals surface area contributed by atoms with Crippen molar-refractivity contribution in [2.45, 2.75) is 13.5 Å². The molecule has 0 aliphatic heterocycles. The van der Waals surface area contributed by atoms with Gasteiger partial charge in [-0.15, -0.1) is 0 Å². The molecule has 0 spiro atoms. The summed E-state index contributed by atoms with van der Waals surface area (Å²) in [4.78, 5) is 23.2. The van der Waals surface area contributed by atoms with Crippen molar-refractivity contribution in [1.29, 1.82) is 0 Å². The Kier molecular flexibility index (Phi) is 4.33. The Morgan fingerprint density at radius 3 is 2.67 bits per heavy atom. The normalized spacial score (nSPS) is 10.6. The van der Waals surface area contributed by atoms with Crippen LogP contribution in [0.5, 0.6) is 11.5 Å². The Hall–Kier alpha value is -3.08. The summed E-state index contributed by atoms with van der Waals surface area (Å²) in [5.41, 5.74) is 0.693. The molecule has 1 aromatic heterocycles. The molecule has 2 aromatic carbocycles. The number of fused-ring (bicyclic) bond motifs is 1. The molecule has 3 rings (SSSR count). The molecule has 0 aliphatic carbocycles. The second-order valence-corrected chi connectivity index (χ2v) is 5.30. The fourth-order valence-corrected chi connectivity index (χ4v) is 2.41. The number of ether oxygens (including phenoxy) is 2. The molecule has 0 amide bonds. The van der Waals surface area contributed by atoms with E-state index in [1.165, 1.54) is 13.0 Å². The molecular formula is C19H16O5. The monoisotopic (exact) mass is 324 g/mol. The Labute approximate surface area is 138 Å². The molecule has 0 aliphatic rings. The highest BCUT2D eigenvalue weighted by atomic mass is 16.5. The molecule has 122 valence electrons. The van der Waals surface area contributed by atoms with E-state index in [0.29, 0.717) is 23.3 Å². The third kappa shape index (κ3) is 3.15. The average Bonchev–Trinajstić information content (AvgIpc) is 2.59. The van der Waals surface area contributed by atoms with Crippen molar-refractivity contribution in [3.8, 4) is 11.5 Å². The topological polar surface area (TPSA) is 65.7 Å². The predicted octanol–water partition coefficient (Wildman–Crippen LogP) is 3.58. The number of rotatable bonds is 5. The van der Waals surface area contributed by atoms with Crippen LogP contribution in [0.4, 0.5) is 0 Å². The van der Waals surface area contributed by atoms with Gasteiger partial charge in [-0.05, 0) is 31.2 Å². The summed E-state index contributed by atoms with van der Waals surface area (Å²) in [6, 6.07) is 14.3. The number of methoxy groups -OCH3 is 1.